The molecule has 0 unspecified atom stereocenters. The largest absolute Gasteiger partial charge is 0.435 e. The average Bonchev–Trinajstić information content (AvgIpc) is 3.34. The van der Waals surface area contributed by atoms with Gasteiger partial charge in [-0.05, 0) is 68.9 Å². The van der Waals surface area contributed by atoms with E-state index in [1.165, 1.54) is 24.3 Å². The Morgan fingerprint density at radius 3 is 2.60 bits per heavy atom. The lowest BCUT2D eigenvalue weighted by Crippen LogP contribution is -2.31. The summed E-state index contributed by atoms with van der Waals surface area (Å²) in [5.41, 5.74) is 2.93. The fourth-order valence-corrected chi connectivity index (χ4v) is 4.17. The number of ether oxygens (including phenoxy) is 1. The van der Waals surface area contributed by atoms with Gasteiger partial charge in [0, 0.05) is 28.9 Å². The molecule has 1 amide bonds. The van der Waals surface area contributed by atoms with Gasteiger partial charge in [0.2, 0.25) is 5.95 Å². The molecule has 4 aromatic rings. The summed E-state index contributed by atoms with van der Waals surface area (Å²) in [6, 6.07) is 11.7. The second kappa shape index (κ2) is 9.75. The van der Waals surface area contributed by atoms with Gasteiger partial charge < -0.3 is 9.64 Å². The number of piperidine rings is 1. The second-order valence-corrected chi connectivity index (χ2v) is 8.57. The third-order valence-corrected chi connectivity index (χ3v) is 6.15. The van der Waals surface area contributed by atoms with Gasteiger partial charge in [-0.1, -0.05) is 12.1 Å². The third-order valence-electron chi connectivity index (χ3n) is 6.15. The molecule has 0 radical (unpaired) electrons. The number of halogens is 2. The number of alkyl halides is 2. The van der Waals surface area contributed by atoms with Crippen LogP contribution in [0.4, 0.5) is 14.7 Å². The fraction of sp³-hybridized carbons (Fsp3) is 0.280. The number of aromatic nitrogens is 4. The van der Waals surface area contributed by atoms with Crippen molar-refractivity contribution in [3.8, 4) is 16.9 Å². The van der Waals surface area contributed by atoms with Crippen molar-refractivity contribution in [2.75, 3.05) is 25.5 Å². The van der Waals surface area contributed by atoms with Gasteiger partial charge in [-0.3, -0.25) is 14.8 Å². The number of likely N-dealkylation sites (tertiary alicyclic amines) is 1. The molecule has 5 rings (SSSR count). The number of nitrogens with one attached hydrogen (secondary N) is 1. The predicted octanol–water partition coefficient (Wildman–Crippen LogP) is 4.61. The van der Waals surface area contributed by atoms with E-state index in [0.717, 1.165) is 42.4 Å². The van der Waals surface area contributed by atoms with Gasteiger partial charge >= 0.3 is 6.61 Å². The van der Waals surface area contributed by atoms with E-state index >= 15 is 0 Å². The van der Waals surface area contributed by atoms with Crippen molar-refractivity contribution >= 4 is 22.8 Å². The maximum absolute atomic E-state index is 12.6. The number of hydrogen-bond donors (Lipinski definition) is 1. The molecule has 8 nitrogen and oxygen atoms in total. The third kappa shape index (κ3) is 5.27. The van der Waals surface area contributed by atoms with Crippen LogP contribution in [0.3, 0.4) is 0 Å². The van der Waals surface area contributed by atoms with Gasteiger partial charge in [-0.15, -0.1) is 0 Å². The maximum Gasteiger partial charge on any atom is 0.387 e. The summed E-state index contributed by atoms with van der Waals surface area (Å²) in [6.45, 7) is -0.793. The van der Waals surface area contributed by atoms with Crippen LogP contribution in [0.2, 0.25) is 0 Å². The molecule has 1 aliphatic heterocycles. The quantitative estimate of drug-likeness (QED) is 0.436. The zero-order valence-corrected chi connectivity index (χ0v) is 19.1. The number of fused-ring (bicyclic) bond motifs is 1. The normalized spacial score (nSPS) is 15.0. The molecule has 2 aromatic heterocycles. The van der Waals surface area contributed by atoms with E-state index in [9.17, 15) is 13.6 Å². The number of carbonyl (C=O) groups is 1. The fourth-order valence-electron chi connectivity index (χ4n) is 4.17. The summed E-state index contributed by atoms with van der Waals surface area (Å²) < 4.78 is 31.0. The molecule has 0 atom stereocenters. The van der Waals surface area contributed by atoms with Crippen LogP contribution in [0.15, 0.2) is 61.1 Å². The Hall–Kier alpha value is -3.92. The van der Waals surface area contributed by atoms with Crippen LogP contribution in [0.1, 0.15) is 29.2 Å². The van der Waals surface area contributed by atoms with E-state index in [1.807, 2.05) is 24.4 Å². The minimum Gasteiger partial charge on any atom is -0.435 e. The van der Waals surface area contributed by atoms with Crippen molar-refractivity contribution in [2.24, 2.45) is 0 Å². The van der Waals surface area contributed by atoms with Gasteiger partial charge in [0.05, 0.1) is 17.8 Å². The Bertz CT molecular complexity index is 1330. The van der Waals surface area contributed by atoms with Crippen LogP contribution in [0.5, 0.6) is 5.75 Å². The lowest BCUT2D eigenvalue weighted by molar-refractivity contribution is -0.0498. The van der Waals surface area contributed by atoms with Crippen molar-refractivity contribution in [2.45, 2.75) is 25.5 Å². The SMILES string of the molecule is CN1CCC(n2cc(-c3ccc4cnc(NC(=O)c5ccc(OC(F)F)cc5)nc4c3)cn2)CC1. The molecule has 0 bridgehead atoms. The first-order valence-corrected chi connectivity index (χ1v) is 11.3. The van der Waals surface area contributed by atoms with Gasteiger partial charge in [0.1, 0.15) is 5.75 Å². The highest BCUT2D eigenvalue weighted by atomic mass is 19.3. The first-order valence-electron chi connectivity index (χ1n) is 11.3. The Morgan fingerprint density at radius 1 is 1.09 bits per heavy atom. The molecule has 10 heteroatoms. The van der Waals surface area contributed by atoms with E-state index in [1.54, 1.807) is 6.20 Å². The molecule has 35 heavy (non-hydrogen) atoms. The minimum absolute atomic E-state index is 0.0230. The summed E-state index contributed by atoms with van der Waals surface area (Å²) in [5, 5.41) is 8.08. The van der Waals surface area contributed by atoms with Crippen molar-refractivity contribution in [3.05, 3.63) is 66.6 Å². The summed E-state index contributed by atoms with van der Waals surface area (Å²) >= 11 is 0. The molecule has 0 spiro atoms. The highest BCUT2D eigenvalue weighted by Crippen LogP contribution is 2.27. The molecule has 1 saturated heterocycles. The first kappa shape index (κ1) is 22.9. The van der Waals surface area contributed by atoms with E-state index in [-0.39, 0.29) is 17.3 Å². The molecule has 180 valence electrons. The number of hydrogen-bond acceptors (Lipinski definition) is 6. The standard InChI is InChI=1S/C25H24F2N6O2/c1-32-10-8-20(9-11-32)33-15-19(14-29-33)17-2-3-18-13-28-25(30-22(18)12-17)31-23(34)16-4-6-21(7-5-16)35-24(26)27/h2-7,12-15,20,24H,8-11H2,1H3,(H,28,30,31,34). The van der Waals surface area contributed by atoms with E-state index in [4.69, 9.17) is 0 Å². The Balaban J connectivity index is 1.32. The molecule has 1 aliphatic rings. The van der Waals surface area contributed by atoms with Crippen LogP contribution < -0.4 is 10.1 Å². The topological polar surface area (TPSA) is 85.2 Å². The van der Waals surface area contributed by atoms with E-state index < -0.39 is 12.5 Å². The maximum atomic E-state index is 12.6. The number of nitrogens with zero attached hydrogens (tertiary/aromatic N) is 5. The highest BCUT2D eigenvalue weighted by Gasteiger charge is 2.19. The van der Waals surface area contributed by atoms with Crippen LogP contribution in [0, 0.1) is 0 Å². The number of carbonyl (C=O) groups excluding carboxylic acids is 1. The summed E-state index contributed by atoms with van der Waals surface area (Å²) in [4.78, 5) is 23.6. The number of rotatable bonds is 6. The summed E-state index contributed by atoms with van der Waals surface area (Å²) in [6.07, 6.45) is 7.73. The predicted molar refractivity (Wildman–Crippen MR) is 128 cm³/mol. The Labute approximate surface area is 200 Å². The molecule has 0 saturated carbocycles. The van der Waals surface area contributed by atoms with Crippen molar-refractivity contribution in [3.63, 3.8) is 0 Å². The number of benzene rings is 2. The molecular formula is C25H24F2N6O2. The molecule has 1 N–H and O–H groups in total. The molecular weight excluding hydrogens is 454 g/mol. The smallest absolute Gasteiger partial charge is 0.387 e. The van der Waals surface area contributed by atoms with Gasteiger partial charge in [0.25, 0.3) is 5.91 Å². The highest BCUT2D eigenvalue weighted by molar-refractivity contribution is 6.03. The molecule has 1 fully saturated rings. The van der Waals surface area contributed by atoms with Crippen molar-refractivity contribution in [1.29, 1.82) is 0 Å². The molecule has 2 aromatic carbocycles. The Morgan fingerprint density at radius 2 is 1.86 bits per heavy atom. The van der Waals surface area contributed by atoms with Crippen LogP contribution in [-0.4, -0.2) is 57.3 Å². The Kier molecular flexibility index (Phi) is 6.37. The molecule has 3 heterocycles. The number of amides is 1. The van der Waals surface area contributed by atoms with E-state index in [0.29, 0.717) is 11.6 Å². The van der Waals surface area contributed by atoms with Crippen LogP contribution in [0.25, 0.3) is 22.0 Å². The zero-order valence-electron chi connectivity index (χ0n) is 19.1. The summed E-state index contributed by atoms with van der Waals surface area (Å²) in [7, 11) is 2.14. The van der Waals surface area contributed by atoms with E-state index in [2.05, 4.69) is 47.9 Å². The number of anilines is 1. The lowest BCUT2D eigenvalue weighted by atomic mass is 10.1. The lowest BCUT2D eigenvalue weighted by Gasteiger charge is -2.28. The monoisotopic (exact) mass is 478 g/mol. The first-order chi connectivity index (χ1) is 16.9. The zero-order chi connectivity index (χ0) is 24.4. The minimum atomic E-state index is -2.92. The van der Waals surface area contributed by atoms with Crippen LogP contribution in [-0.2, 0) is 0 Å². The van der Waals surface area contributed by atoms with Crippen molar-refractivity contribution < 1.29 is 18.3 Å². The van der Waals surface area contributed by atoms with Gasteiger partial charge in [-0.2, -0.15) is 13.9 Å². The van der Waals surface area contributed by atoms with Crippen LogP contribution >= 0.6 is 0 Å². The van der Waals surface area contributed by atoms with Gasteiger partial charge in [0.15, 0.2) is 0 Å². The van der Waals surface area contributed by atoms with Gasteiger partial charge in [-0.25, -0.2) is 9.97 Å². The van der Waals surface area contributed by atoms with Crippen molar-refractivity contribution in [1.82, 2.24) is 24.6 Å². The second-order valence-electron chi connectivity index (χ2n) is 8.57. The average molecular weight is 479 g/mol. The molecule has 0 aliphatic carbocycles. The summed E-state index contributed by atoms with van der Waals surface area (Å²) in [5.74, 6) is -0.330.